The average Bonchev–Trinajstić information content (AvgIpc) is 2.95. The van der Waals surface area contributed by atoms with Crippen molar-refractivity contribution < 1.29 is 14.3 Å². The van der Waals surface area contributed by atoms with Gasteiger partial charge in [-0.25, -0.2) is 4.99 Å². The van der Waals surface area contributed by atoms with E-state index < -0.39 is 0 Å². The summed E-state index contributed by atoms with van der Waals surface area (Å²) in [5.41, 5.74) is 1.56. The first-order valence-corrected chi connectivity index (χ1v) is 8.97. The van der Waals surface area contributed by atoms with Crippen LogP contribution in [0, 0.1) is 0 Å². The van der Waals surface area contributed by atoms with Gasteiger partial charge in [-0.1, -0.05) is 15.9 Å². The molecule has 0 bridgehead atoms. The highest BCUT2D eigenvalue weighted by molar-refractivity contribution is 9.10. The van der Waals surface area contributed by atoms with Crippen molar-refractivity contribution in [3.05, 3.63) is 57.4 Å². The normalized spacial score (nSPS) is 17.0. The van der Waals surface area contributed by atoms with Gasteiger partial charge in [0.2, 0.25) is 0 Å². The van der Waals surface area contributed by atoms with Gasteiger partial charge in [0.1, 0.15) is 11.5 Å². The SMILES string of the molecule is COc1ccc(N=C2NC(=O)/C(=C/c3cc(Br)ccc3OC)S2)cc1. The van der Waals surface area contributed by atoms with Crippen LogP contribution in [0.1, 0.15) is 5.56 Å². The van der Waals surface area contributed by atoms with Crippen LogP contribution < -0.4 is 14.8 Å². The maximum Gasteiger partial charge on any atom is 0.264 e. The number of ether oxygens (including phenoxy) is 2. The first kappa shape index (κ1) is 17.6. The highest BCUT2D eigenvalue weighted by atomic mass is 79.9. The molecule has 1 aliphatic heterocycles. The molecular weight excluding hydrogens is 404 g/mol. The Balaban J connectivity index is 1.84. The van der Waals surface area contributed by atoms with Crippen molar-refractivity contribution in [2.75, 3.05) is 14.2 Å². The first-order valence-electron chi connectivity index (χ1n) is 7.36. The Morgan fingerprint density at radius 3 is 2.56 bits per heavy atom. The number of benzene rings is 2. The van der Waals surface area contributed by atoms with E-state index >= 15 is 0 Å². The molecule has 5 nitrogen and oxygen atoms in total. The zero-order valence-electron chi connectivity index (χ0n) is 13.6. The third-order valence-electron chi connectivity index (χ3n) is 3.43. The number of methoxy groups -OCH3 is 2. The fourth-order valence-electron chi connectivity index (χ4n) is 2.21. The lowest BCUT2D eigenvalue weighted by Gasteiger charge is -2.05. The van der Waals surface area contributed by atoms with Crippen LogP contribution in [0.5, 0.6) is 11.5 Å². The number of carbonyl (C=O) groups excluding carboxylic acids is 1. The predicted molar refractivity (Wildman–Crippen MR) is 104 cm³/mol. The molecule has 3 rings (SSSR count). The molecule has 128 valence electrons. The highest BCUT2D eigenvalue weighted by Gasteiger charge is 2.24. The van der Waals surface area contributed by atoms with Crippen LogP contribution in [-0.4, -0.2) is 25.3 Å². The lowest BCUT2D eigenvalue weighted by atomic mass is 10.2. The minimum atomic E-state index is -0.181. The van der Waals surface area contributed by atoms with E-state index in [1.54, 1.807) is 20.3 Å². The summed E-state index contributed by atoms with van der Waals surface area (Å²) >= 11 is 4.72. The molecule has 1 fully saturated rings. The zero-order chi connectivity index (χ0) is 17.8. The lowest BCUT2D eigenvalue weighted by molar-refractivity contribution is -0.115. The minimum Gasteiger partial charge on any atom is -0.497 e. The van der Waals surface area contributed by atoms with E-state index in [1.165, 1.54) is 11.8 Å². The third-order valence-corrected chi connectivity index (χ3v) is 4.84. The van der Waals surface area contributed by atoms with Crippen molar-refractivity contribution in [2.45, 2.75) is 0 Å². The molecule has 0 spiro atoms. The van der Waals surface area contributed by atoms with Crippen molar-refractivity contribution in [2.24, 2.45) is 4.99 Å². The fourth-order valence-corrected chi connectivity index (χ4v) is 3.43. The van der Waals surface area contributed by atoms with Gasteiger partial charge in [-0.15, -0.1) is 0 Å². The number of thioether (sulfide) groups is 1. The van der Waals surface area contributed by atoms with Crippen LogP contribution in [0.4, 0.5) is 5.69 Å². The van der Waals surface area contributed by atoms with Gasteiger partial charge < -0.3 is 14.8 Å². The van der Waals surface area contributed by atoms with Gasteiger partial charge >= 0.3 is 0 Å². The quantitative estimate of drug-likeness (QED) is 0.749. The molecule has 0 atom stereocenters. The number of hydrogen-bond acceptors (Lipinski definition) is 5. The van der Waals surface area contributed by atoms with E-state index in [4.69, 9.17) is 9.47 Å². The van der Waals surface area contributed by atoms with Gasteiger partial charge in [0.05, 0.1) is 24.8 Å². The van der Waals surface area contributed by atoms with Crippen LogP contribution in [0.3, 0.4) is 0 Å². The highest BCUT2D eigenvalue weighted by Crippen LogP contribution is 2.32. The smallest absolute Gasteiger partial charge is 0.264 e. The van der Waals surface area contributed by atoms with Crippen LogP contribution in [0.15, 0.2) is 56.8 Å². The Kier molecular flexibility index (Phi) is 5.45. The van der Waals surface area contributed by atoms with Crippen molar-refractivity contribution in [3.63, 3.8) is 0 Å². The minimum absolute atomic E-state index is 0.181. The summed E-state index contributed by atoms with van der Waals surface area (Å²) < 4.78 is 11.4. The molecule has 2 aromatic carbocycles. The van der Waals surface area contributed by atoms with Crippen molar-refractivity contribution in [3.8, 4) is 11.5 Å². The number of rotatable bonds is 4. The van der Waals surface area contributed by atoms with Gasteiger partial charge in [0.25, 0.3) is 5.91 Å². The molecule has 1 N–H and O–H groups in total. The van der Waals surface area contributed by atoms with Crippen LogP contribution in [0.2, 0.25) is 0 Å². The summed E-state index contributed by atoms with van der Waals surface area (Å²) in [6, 6.07) is 12.9. The zero-order valence-corrected chi connectivity index (χ0v) is 16.0. The third kappa shape index (κ3) is 4.24. The number of nitrogens with one attached hydrogen (secondary N) is 1. The second kappa shape index (κ2) is 7.76. The van der Waals surface area contributed by atoms with E-state index in [1.807, 2.05) is 42.5 Å². The van der Waals surface area contributed by atoms with Gasteiger partial charge in [-0.05, 0) is 60.3 Å². The number of amidine groups is 1. The molecule has 7 heteroatoms. The summed E-state index contributed by atoms with van der Waals surface area (Å²) in [6.07, 6.45) is 1.79. The topological polar surface area (TPSA) is 59.9 Å². The maximum absolute atomic E-state index is 12.2. The summed E-state index contributed by atoms with van der Waals surface area (Å²) in [5, 5.41) is 3.31. The molecular formula is C18H15BrN2O3S. The second-order valence-electron chi connectivity index (χ2n) is 5.07. The van der Waals surface area contributed by atoms with E-state index in [0.717, 1.165) is 21.5 Å². The number of amides is 1. The molecule has 0 aliphatic carbocycles. The number of carbonyl (C=O) groups is 1. The largest absolute Gasteiger partial charge is 0.497 e. The Morgan fingerprint density at radius 2 is 1.88 bits per heavy atom. The van der Waals surface area contributed by atoms with Crippen LogP contribution >= 0.6 is 27.7 Å². The Hall–Kier alpha value is -2.25. The maximum atomic E-state index is 12.2. The van der Waals surface area contributed by atoms with E-state index in [2.05, 4.69) is 26.2 Å². The number of hydrogen-bond donors (Lipinski definition) is 1. The van der Waals surface area contributed by atoms with Gasteiger partial charge in [-0.2, -0.15) is 0 Å². The number of nitrogens with zero attached hydrogens (tertiary/aromatic N) is 1. The molecule has 1 aliphatic rings. The molecule has 0 aromatic heterocycles. The molecule has 1 amide bonds. The van der Waals surface area contributed by atoms with Crippen molar-refractivity contribution >= 4 is 50.5 Å². The van der Waals surface area contributed by atoms with Gasteiger partial charge in [0.15, 0.2) is 5.17 Å². The average molecular weight is 419 g/mol. The van der Waals surface area contributed by atoms with E-state index in [-0.39, 0.29) is 5.91 Å². The lowest BCUT2D eigenvalue weighted by Crippen LogP contribution is -2.19. The molecule has 2 aromatic rings. The number of halogens is 1. The summed E-state index contributed by atoms with van der Waals surface area (Å²) in [4.78, 5) is 17.2. The molecule has 25 heavy (non-hydrogen) atoms. The fraction of sp³-hybridized carbons (Fsp3) is 0.111. The Morgan fingerprint density at radius 1 is 1.12 bits per heavy atom. The second-order valence-corrected chi connectivity index (χ2v) is 7.01. The van der Waals surface area contributed by atoms with Crippen LogP contribution in [0.25, 0.3) is 6.08 Å². The van der Waals surface area contributed by atoms with Gasteiger partial charge in [0, 0.05) is 10.0 Å². The number of aliphatic imine (C=N–C) groups is 1. The van der Waals surface area contributed by atoms with Gasteiger partial charge in [-0.3, -0.25) is 4.79 Å². The Labute approximate surface area is 158 Å². The van der Waals surface area contributed by atoms with Crippen molar-refractivity contribution in [1.29, 1.82) is 0 Å². The van der Waals surface area contributed by atoms with Crippen LogP contribution in [-0.2, 0) is 4.79 Å². The van der Waals surface area contributed by atoms with E-state index in [0.29, 0.717) is 15.8 Å². The standard InChI is InChI=1S/C18H15BrN2O3S/c1-23-14-6-4-13(5-7-14)20-18-21-17(22)16(25-18)10-11-9-12(19)3-8-15(11)24-2/h3-10H,1-2H3,(H,20,21,22)/b16-10-. The summed E-state index contributed by atoms with van der Waals surface area (Å²) in [6.45, 7) is 0. The molecule has 1 heterocycles. The molecule has 0 radical (unpaired) electrons. The Bertz CT molecular complexity index is 863. The van der Waals surface area contributed by atoms with Crippen molar-refractivity contribution in [1.82, 2.24) is 5.32 Å². The predicted octanol–water partition coefficient (Wildman–Crippen LogP) is 4.36. The van der Waals surface area contributed by atoms with E-state index in [9.17, 15) is 4.79 Å². The first-order chi connectivity index (χ1) is 12.1. The monoisotopic (exact) mass is 418 g/mol. The summed E-state index contributed by atoms with van der Waals surface area (Å²) in [7, 11) is 3.21. The molecule has 0 saturated carbocycles. The molecule has 0 unspecified atom stereocenters. The summed E-state index contributed by atoms with van der Waals surface area (Å²) in [5.74, 6) is 1.28. The molecule has 1 saturated heterocycles.